The number of rotatable bonds is 4. The first kappa shape index (κ1) is 15.4. The zero-order chi connectivity index (χ0) is 14.8. The van der Waals surface area contributed by atoms with E-state index in [1.54, 1.807) is 9.47 Å². The standard InChI is InChI=1S/C13H19ClN2O3S/c1-2-6-16-10-11(20(14,18)19)9-12(16)13(17)15-7-4-3-5-8-15/h9-10H,2-8H2,1H3. The summed E-state index contributed by atoms with van der Waals surface area (Å²) in [6.07, 6.45) is 5.41. The van der Waals surface area contributed by atoms with Crippen molar-refractivity contribution in [2.75, 3.05) is 13.1 Å². The van der Waals surface area contributed by atoms with E-state index >= 15 is 0 Å². The fourth-order valence-corrected chi connectivity index (χ4v) is 3.24. The number of likely N-dealkylation sites (tertiary alicyclic amines) is 1. The fraction of sp³-hybridized carbons (Fsp3) is 0.615. The van der Waals surface area contributed by atoms with Crippen molar-refractivity contribution in [3.63, 3.8) is 0 Å². The molecular formula is C13H19ClN2O3S. The Balaban J connectivity index is 2.33. The van der Waals surface area contributed by atoms with Crippen LogP contribution in [0, 0.1) is 0 Å². The molecular weight excluding hydrogens is 300 g/mol. The number of aryl methyl sites for hydroxylation is 1. The van der Waals surface area contributed by atoms with E-state index in [0.717, 1.165) is 38.8 Å². The van der Waals surface area contributed by atoms with E-state index in [1.165, 1.54) is 12.3 Å². The Morgan fingerprint density at radius 2 is 1.95 bits per heavy atom. The first-order chi connectivity index (χ1) is 9.43. The van der Waals surface area contributed by atoms with Gasteiger partial charge in [0.2, 0.25) is 0 Å². The number of piperidine rings is 1. The third-order valence-corrected chi connectivity index (χ3v) is 4.80. The fourth-order valence-electron chi connectivity index (χ4n) is 2.48. The van der Waals surface area contributed by atoms with Crippen molar-refractivity contribution in [1.29, 1.82) is 0 Å². The Morgan fingerprint density at radius 1 is 1.30 bits per heavy atom. The van der Waals surface area contributed by atoms with Gasteiger partial charge in [-0.05, 0) is 31.7 Å². The number of nitrogens with zero attached hydrogens (tertiary/aromatic N) is 2. The van der Waals surface area contributed by atoms with Crippen molar-refractivity contribution >= 4 is 25.6 Å². The number of amides is 1. The van der Waals surface area contributed by atoms with E-state index in [0.29, 0.717) is 12.2 Å². The molecule has 1 amide bonds. The zero-order valence-electron chi connectivity index (χ0n) is 11.5. The quantitative estimate of drug-likeness (QED) is 0.801. The van der Waals surface area contributed by atoms with Crippen molar-refractivity contribution in [3.8, 4) is 0 Å². The first-order valence-corrected chi connectivity index (χ1v) is 9.18. The number of carbonyl (C=O) groups excluding carboxylic acids is 1. The Hall–Kier alpha value is -1.01. The second kappa shape index (κ2) is 6.18. The Kier molecular flexibility index (Phi) is 4.75. The molecule has 112 valence electrons. The Morgan fingerprint density at radius 3 is 2.50 bits per heavy atom. The predicted octanol–water partition coefficient (Wildman–Crippen LogP) is 2.45. The summed E-state index contributed by atoms with van der Waals surface area (Å²) in [4.78, 5) is 14.3. The number of aromatic nitrogens is 1. The van der Waals surface area contributed by atoms with Crippen molar-refractivity contribution in [3.05, 3.63) is 18.0 Å². The molecule has 20 heavy (non-hydrogen) atoms. The molecule has 1 aromatic heterocycles. The molecule has 0 radical (unpaired) electrons. The SMILES string of the molecule is CCCn1cc(S(=O)(=O)Cl)cc1C(=O)N1CCCCC1. The van der Waals surface area contributed by atoms with Gasteiger partial charge in [-0.25, -0.2) is 8.42 Å². The van der Waals surface area contributed by atoms with Gasteiger partial charge < -0.3 is 9.47 Å². The zero-order valence-corrected chi connectivity index (χ0v) is 13.1. The van der Waals surface area contributed by atoms with E-state index < -0.39 is 9.05 Å². The second-order valence-corrected chi connectivity index (χ2v) is 7.61. The van der Waals surface area contributed by atoms with Crippen molar-refractivity contribution in [2.45, 2.75) is 44.0 Å². The number of halogens is 1. The lowest BCUT2D eigenvalue weighted by molar-refractivity contribution is 0.0713. The van der Waals surface area contributed by atoms with Crippen LogP contribution in [0.25, 0.3) is 0 Å². The van der Waals surface area contributed by atoms with Gasteiger partial charge in [-0.3, -0.25) is 4.79 Å². The maximum atomic E-state index is 12.5. The second-order valence-electron chi connectivity index (χ2n) is 5.05. The minimum Gasteiger partial charge on any atom is -0.342 e. The molecule has 0 aliphatic carbocycles. The number of hydrogen-bond donors (Lipinski definition) is 0. The van der Waals surface area contributed by atoms with Gasteiger partial charge in [0.05, 0.1) is 0 Å². The molecule has 2 rings (SSSR count). The molecule has 0 aromatic carbocycles. The van der Waals surface area contributed by atoms with E-state index in [9.17, 15) is 13.2 Å². The summed E-state index contributed by atoms with van der Waals surface area (Å²) >= 11 is 0. The highest BCUT2D eigenvalue weighted by molar-refractivity contribution is 8.13. The van der Waals surface area contributed by atoms with Crippen LogP contribution < -0.4 is 0 Å². The third-order valence-electron chi connectivity index (χ3n) is 3.48. The minimum atomic E-state index is -3.81. The highest BCUT2D eigenvalue weighted by Crippen LogP contribution is 2.21. The molecule has 1 fully saturated rings. The summed E-state index contributed by atoms with van der Waals surface area (Å²) in [7, 11) is 1.56. The van der Waals surface area contributed by atoms with Gasteiger partial charge in [0.15, 0.2) is 0 Å². The lowest BCUT2D eigenvalue weighted by atomic mass is 10.1. The average Bonchev–Trinajstić information content (AvgIpc) is 2.83. The van der Waals surface area contributed by atoms with Crippen LogP contribution in [0.5, 0.6) is 0 Å². The van der Waals surface area contributed by atoms with E-state index in [2.05, 4.69) is 0 Å². The van der Waals surface area contributed by atoms with Crippen molar-refractivity contribution in [2.24, 2.45) is 0 Å². The summed E-state index contributed by atoms with van der Waals surface area (Å²) in [5.41, 5.74) is 0.410. The molecule has 5 nitrogen and oxygen atoms in total. The molecule has 0 spiro atoms. The Labute approximate surface area is 123 Å². The summed E-state index contributed by atoms with van der Waals surface area (Å²) in [5, 5.41) is 0. The molecule has 2 heterocycles. The van der Waals surface area contributed by atoms with Gasteiger partial charge >= 0.3 is 0 Å². The highest BCUT2D eigenvalue weighted by atomic mass is 35.7. The molecule has 1 aliphatic heterocycles. The first-order valence-electron chi connectivity index (χ1n) is 6.87. The topological polar surface area (TPSA) is 59.4 Å². The van der Waals surface area contributed by atoms with Crippen LogP contribution in [0.15, 0.2) is 17.2 Å². The van der Waals surface area contributed by atoms with Gasteiger partial charge in [0, 0.05) is 36.5 Å². The van der Waals surface area contributed by atoms with Crippen molar-refractivity contribution < 1.29 is 13.2 Å². The van der Waals surface area contributed by atoms with Gasteiger partial charge in [0.25, 0.3) is 15.0 Å². The van der Waals surface area contributed by atoms with Gasteiger partial charge in [-0.1, -0.05) is 6.92 Å². The normalized spacial score (nSPS) is 16.4. The van der Waals surface area contributed by atoms with Crippen LogP contribution >= 0.6 is 10.7 Å². The maximum Gasteiger partial charge on any atom is 0.270 e. The molecule has 1 aromatic rings. The molecule has 0 atom stereocenters. The average molecular weight is 319 g/mol. The summed E-state index contributed by atoms with van der Waals surface area (Å²) < 4.78 is 24.5. The molecule has 0 N–H and O–H groups in total. The summed E-state index contributed by atoms with van der Waals surface area (Å²) in [6.45, 7) is 4.05. The predicted molar refractivity (Wildman–Crippen MR) is 77.5 cm³/mol. The van der Waals surface area contributed by atoms with Crippen LogP contribution in [0.3, 0.4) is 0 Å². The molecule has 1 saturated heterocycles. The minimum absolute atomic E-state index is 0.00650. The van der Waals surface area contributed by atoms with Gasteiger partial charge in [-0.2, -0.15) is 0 Å². The third kappa shape index (κ3) is 3.35. The largest absolute Gasteiger partial charge is 0.342 e. The van der Waals surface area contributed by atoms with Crippen LogP contribution in [0.1, 0.15) is 43.1 Å². The Bertz CT molecular complexity index is 589. The summed E-state index contributed by atoms with van der Waals surface area (Å²) in [6, 6.07) is 1.38. The monoisotopic (exact) mass is 318 g/mol. The smallest absolute Gasteiger partial charge is 0.270 e. The maximum absolute atomic E-state index is 12.5. The number of carbonyl (C=O) groups is 1. The van der Waals surface area contributed by atoms with Gasteiger partial charge in [-0.15, -0.1) is 0 Å². The molecule has 0 saturated carbocycles. The van der Waals surface area contributed by atoms with Crippen LogP contribution in [0.2, 0.25) is 0 Å². The van der Waals surface area contributed by atoms with Crippen molar-refractivity contribution in [1.82, 2.24) is 9.47 Å². The van der Waals surface area contributed by atoms with E-state index in [1.807, 2.05) is 6.92 Å². The molecule has 1 aliphatic rings. The van der Waals surface area contributed by atoms with Crippen LogP contribution in [-0.2, 0) is 15.6 Å². The summed E-state index contributed by atoms with van der Waals surface area (Å²) in [5.74, 6) is -0.107. The lowest BCUT2D eigenvalue weighted by Gasteiger charge is -2.27. The molecule has 0 bridgehead atoms. The molecule has 7 heteroatoms. The van der Waals surface area contributed by atoms with E-state index in [4.69, 9.17) is 10.7 Å². The van der Waals surface area contributed by atoms with Crippen LogP contribution in [-0.4, -0.2) is 36.9 Å². The molecule has 0 unspecified atom stereocenters. The highest BCUT2D eigenvalue weighted by Gasteiger charge is 2.24. The van der Waals surface area contributed by atoms with E-state index in [-0.39, 0.29) is 10.8 Å². The number of hydrogen-bond acceptors (Lipinski definition) is 3. The van der Waals surface area contributed by atoms with Crippen LogP contribution in [0.4, 0.5) is 0 Å². The lowest BCUT2D eigenvalue weighted by Crippen LogP contribution is -2.36. The van der Waals surface area contributed by atoms with Gasteiger partial charge in [0.1, 0.15) is 10.6 Å².